The molecule has 1 aromatic rings. The minimum atomic E-state index is -1.32. The van der Waals surface area contributed by atoms with Crippen LogP contribution in [0.5, 0.6) is 0 Å². The van der Waals surface area contributed by atoms with E-state index in [0.717, 1.165) is 12.0 Å². The van der Waals surface area contributed by atoms with Gasteiger partial charge in [0.25, 0.3) is 0 Å². The molecule has 5 heteroatoms. The SMILES string of the molecule is O=C(CCCC(O)O)NCCc1ccncc1. The van der Waals surface area contributed by atoms with Crippen LogP contribution in [0.25, 0.3) is 0 Å². The van der Waals surface area contributed by atoms with Crippen molar-refractivity contribution < 1.29 is 15.0 Å². The molecule has 0 bridgehead atoms. The lowest BCUT2D eigenvalue weighted by molar-refractivity contribution is -0.121. The molecule has 17 heavy (non-hydrogen) atoms. The van der Waals surface area contributed by atoms with Crippen LogP contribution in [0, 0.1) is 0 Å². The van der Waals surface area contributed by atoms with E-state index in [4.69, 9.17) is 10.2 Å². The molecule has 0 saturated heterocycles. The van der Waals surface area contributed by atoms with Crippen molar-refractivity contribution in [3.63, 3.8) is 0 Å². The number of nitrogens with zero attached hydrogens (tertiary/aromatic N) is 1. The molecule has 0 atom stereocenters. The van der Waals surface area contributed by atoms with Crippen molar-refractivity contribution in [2.75, 3.05) is 6.54 Å². The van der Waals surface area contributed by atoms with E-state index in [2.05, 4.69) is 10.3 Å². The molecule has 1 aromatic heterocycles. The third-order valence-electron chi connectivity index (χ3n) is 2.35. The average Bonchev–Trinajstić information content (AvgIpc) is 2.30. The minimum absolute atomic E-state index is 0.0558. The average molecular weight is 238 g/mol. The molecule has 5 nitrogen and oxygen atoms in total. The van der Waals surface area contributed by atoms with Gasteiger partial charge in [-0.3, -0.25) is 9.78 Å². The third-order valence-corrected chi connectivity index (χ3v) is 2.35. The van der Waals surface area contributed by atoms with Crippen LogP contribution in [-0.4, -0.2) is 33.9 Å². The quantitative estimate of drug-likeness (QED) is 0.593. The summed E-state index contributed by atoms with van der Waals surface area (Å²) in [6.07, 6.45) is 3.95. The number of carbonyl (C=O) groups excluding carboxylic acids is 1. The molecular weight excluding hydrogens is 220 g/mol. The first-order valence-electron chi connectivity index (χ1n) is 5.70. The Bertz CT molecular complexity index is 328. The van der Waals surface area contributed by atoms with Crippen LogP contribution in [0.4, 0.5) is 0 Å². The van der Waals surface area contributed by atoms with Crippen LogP contribution in [0.1, 0.15) is 24.8 Å². The number of aliphatic hydroxyl groups excluding tert-OH is 1. The highest BCUT2D eigenvalue weighted by atomic mass is 16.5. The summed E-state index contributed by atoms with van der Waals surface area (Å²) in [6.45, 7) is 0.588. The van der Waals surface area contributed by atoms with Crippen molar-refractivity contribution in [2.45, 2.75) is 32.0 Å². The van der Waals surface area contributed by atoms with E-state index in [1.165, 1.54) is 0 Å². The van der Waals surface area contributed by atoms with E-state index in [-0.39, 0.29) is 12.3 Å². The third kappa shape index (κ3) is 6.65. The molecule has 0 aliphatic heterocycles. The van der Waals surface area contributed by atoms with E-state index in [1.807, 2.05) is 12.1 Å². The van der Waals surface area contributed by atoms with Crippen molar-refractivity contribution in [2.24, 2.45) is 0 Å². The van der Waals surface area contributed by atoms with Crippen molar-refractivity contribution in [1.29, 1.82) is 0 Å². The zero-order valence-electron chi connectivity index (χ0n) is 9.67. The monoisotopic (exact) mass is 238 g/mol. The van der Waals surface area contributed by atoms with Crippen LogP contribution in [-0.2, 0) is 11.2 Å². The summed E-state index contributed by atoms with van der Waals surface area (Å²) in [4.78, 5) is 15.2. The van der Waals surface area contributed by atoms with Gasteiger partial charge in [0.15, 0.2) is 6.29 Å². The van der Waals surface area contributed by atoms with Crippen molar-refractivity contribution in [3.05, 3.63) is 30.1 Å². The second-order valence-electron chi connectivity index (χ2n) is 3.83. The molecule has 0 fully saturated rings. The number of aromatic nitrogens is 1. The Morgan fingerprint density at radius 2 is 2.06 bits per heavy atom. The van der Waals surface area contributed by atoms with Crippen LogP contribution in [0.15, 0.2) is 24.5 Å². The van der Waals surface area contributed by atoms with E-state index in [1.54, 1.807) is 12.4 Å². The molecule has 0 radical (unpaired) electrons. The molecule has 94 valence electrons. The molecule has 1 rings (SSSR count). The van der Waals surface area contributed by atoms with Gasteiger partial charge in [0.05, 0.1) is 0 Å². The summed E-state index contributed by atoms with van der Waals surface area (Å²) in [5.41, 5.74) is 1.13. The molecule has 0 aliphatic rings. The van der Waals surface area contributed by atoms with Gasteiger partial charge >= 0.3 is 0 Å². The van der Waals surface area contributed by atoms with E-state index < -0.39 is 6.29 Å². The van der Waals surface area contributed by atoms with E-state index in [0.29, 0.717) is 19.4 Å². The first-order chi connectivity index (χ1) is 8.18. The van der Waals surface area contributed by atoms with Gasteiger partial charge in [-0.2, -0.15) is 0 Å². The summed E-state index contributed by atoms with van der Waals surface area (Å²) < 4.78 is 0. The smallest absolute Gasteiger partial charge is 0.220 e. The molecule has 0 aliphatic carbocycles. The van der Waals surface area contributed by atoms with Gasteiger partial charge in [-0.05, 0) is 37.0 Å². The number of nitrogens with one attached hydrogen (secondary N) is 1. The summed E-state index contributed by atoms with van der Waals surface area (Å²) in [5, 5.41) is 20.0. The maximum Gasteiger partial charge on any atom is 0.220 e. The number of hydrogen-bond donors (Lipinski definition) is 3. The number of amides is 1. The summed E-state index contributed by atoms with van der Waals surface area (Å²) in [7, 11) is 0. The molecule has 3 N–H and O–H groups in total. The first kappa shape index (κ1) is 13.6. The molecule has 0 saturated carbocycles. The van der Waals surface area contributed by atoms with Crippen LogP contribution in [0.3, 0.4) is 0 Å². The number of aliphatic hydroxyl groups is 2. The summed E-state index contributed by atoms with van der Waals surface area (Å²) in [5.74, 6) is -0.0558. The second-order valence-corrected chi connectivity index (χ2v) is 3.83. The number of pyridine rings is 1. The maximum absolute atomic E-state index is 11.3. The van der Waals surface area contributed by atoms with Crippen molar-refractivity contribution in [1.82, 2.24) is 10.3 Å². The molecule has 0 unspecified atom stereocenters. The lowest BCUT2D eigenvalue weighted by atomic mass is 10.2. The number of hydrogen-bond acceptors (Lipinski definition) is 4. The molecular formula is C12H18N2O3. The molecule has 1 amide bonds. The minimum Gasteiger partial charge on any atom is -0.368 e. The Labute approximate surface area is 101 Å². The molecule has 0 spiro atoms. The van der Waals surface area contributed by atoms with Crippen LogP contribution >= 0.6 is 0 Å². The highest BCUT2D eigenvalue weighted by Gasteiger charge is 2.03. The summed E-state index contributed by atoms with van der Waals surface area (Å²) in [6, 6.07) is 3.82. The molecule has 0 aromatic carbocycles. The van der Waals surface area contributed by atoms with Gasteiger partial charge in [-0.1, -0.05) is 0 Å². The fraction of sp³-hybridized carbons (Fsp3) is 0.500. The first-order valence-corrected chi connectivity index (χ1v) is 5.70. The Morgan fingerprint density at radius 1 is 1.35 bits per heavy atom. The van der Waals surface area contributed by atoms with Gasteiger partial charge in [0.2, 0.25) is 5.91 Å². The van der Waals surface area contributed by atoms with Crippen molar-refractivity contribution >= 4 is 5.91 Å². The lowest BCUT2D eigenvalue weighted by Crippen LogP contribution is -2.25. The van der Waals surface area contributed by atoms with E-state index in [9.17, 15) is 4.79 Å². The normalized spacial score (nSPS) is 10.5. The van der Waals surface area contributed by atoms with Gasteiger partial charge in [-0.25, -0.2) is 0 Å². The van der Waals surface area contributed by atoms with Gasteiger partial charge in [0.1, 0.15) is 0 Å². The second kappa shape index (κ2) is 7.76. The Hall–Kier alpha value is -1.46. The Kier molecular flexibility index (Phi) is 6.21. The highest BCUT2D eigenvalue weighted by molar-refractivity contribution is 5.75. The fourth-order valence-electron chi connectivity index (χ4n) is 1.43. The number of rotatable bonds is 7. The van der Waals surface area contributed by atoms with Crippen molar-refractivity contribution in [3.8, 4) is 0 Å². The predicted octanol–water partition coefficient (Wildman–Crippen LogP) is 0.221. The van der Waals surface area contributed by atoms with Crippen LogP contribution < -0.4 is 5.32 Å². The Morgan fingerprint density at radius 3 is 2.71 bits per heavy atom. The van der Waals surface area contributed by atoms with Gasteiger partial charge in [0, 0.05) is 25.4 Å². The lowest BCUT2D eigenvalue weighted by Gasteiger charge is -2.06. The topological polar surface area (TPSA) is 82.5 Å². The van der Waals surface area contributed by atoms with Gasteiger partial charge < -0.3 is 15.5 Å². The van der Waals surface area contributed by atoms with Crippen LogP contribution in [0.2, 0.25) is 0 Å². The Balaban J connectivity index is 2.08. The molecule has 1 heterocycles. The zero-order valence-corrected chi connectivity index (χ0v) is 9.67. The van der Waals surface area contributed by atoms with E-state index >= 15 is 0 Å². The standard InChI is InChI=1S/C12H18N2O3/c15-11(2-1-3-12(16)17)14-9-6-10-4-7-13-8-5-10/h4-5,7-8,12,16-17H,1-3,6,9H2,(H,14,15). The highest BCUT2D eigenvalue weighted by Crippen LogP contribution is 1.99. The number of carbonyl (C=O) groups is 1. The predicted molar refractivity (Wildman–Crippen MR) is 63.0 cm³/mol. The van der Waals surface area contributed by atoms with Gasteiger partial charge in [-0.15, -0.1) is 0 Å². The fourth-order valence-corrected chi connectivity index (χ4v) is 1.43. The zero-order chi connectivity index (χ0) is 12.5. The maximum atomic E-state index is 11.3. The summed E-state index contributed by atoms with van der Waals surface area (Å²) >= 11 is 0. The largest absolute Gasteiger partial charge is 0.368 e.